The molecule has 1 aliphatic heterocycles. The average Bonchev–Trinajstić information content (AvgIpc) is 2.77. The number of hydrogen-bond donors (Lipinski definition) is 1. The molecule has 4 nitrogen and oxygen atoms in total. The van der Waals surface area contributed by atoms with E-state index in [0.29, 0.717) is 18.3 Å². The highest BCUT2D eigenvalue weighted by atomic mass is 16.3. The average molecular weight is 253 g/mol. The summed E-state index contributed by atoms with van der Waals surface area (Å²) in [5.41, 5.74) is 0. The SMILES string of the molecule is CC(C)CC(CO)N1C(=O)C2CC(C)CC2C1=O. The third kappa shape index (κ3) is 2.18. The fraction of sp³-hybridized carbons (Fsp3) is 0.857. The minimum Gasteiger partial charge on any atom is -0.394 e. The number of amides is 2. The Morgan fingerprint density at radius 1 is 1.22 bits per heavy atom. The van der Waals surface area contributed by atoms with E-state index in [1.807, 2.05) is 13.8 Å². The summed E-state index contributed by atoms with van der Waals surface area (Å²) in [5.74, 6) is 0.500. The number of carbonyl (C=O) groups is 2. The molecule has 0 radical (unpaired) electrons. The summed E-state index contributed by atoms with van der Waals surface area (Å²) in [6.45, 7) is 6.05. The molecule has 0 bridgehead atoms. The van der Waals surface area contributed by atoms with Gasteiger partial charge in [0.1, 0.15) is 0 Å². The number of likely N-dealkylation sites (tertiary alicyclic amines) is 1. The maximum Gasteiger partial charge on any atom is 0.233 e. The predicted molar refractivity (Wildman–Crippen MR) is 67.6 cm³/mol. The molecular weight excluding hydrogens is 230 g/mol. The molecule has 18 heavy (non-hydrogen) atoms. The van der Waals surface area contributed by atoms with Crippen LogP contribution in [0, 0.1) is 23.7 Å². The van der Waals surface area contributed by atoms with Crippen LogP contribution < -0.4 is 0 Å². The molecule has 2 fully saturated rings. The van der Waals surface area contributed by atoms with Crippen molar-refractivity contribution in [3.05, 3.63) is 0 Å². The van der Waals surface area contributed by atoms with E-state index in [1.165, 1.54) is 4.90 Å². The van der Waals surface area contributed by atoms with Gasteiger partial charge in [0.2, 0.25) is 11.8 Å². The lowest BCUT2D eigenvalue weighted by Crippen LogP contribution is -2.44. The molecule has 0 aromatic rings. The van der Waals surface area contributed by atoms with Crippen LogP contribution in [0.15, 0.2) is 0 Å². The van der Waals surface area contributed by atoms with E-state index in [9.17, 15) is 14.7 Å². The zero-order valence-electron chi connectivity index (χ0n) is 11.4. The molecule has 1 heterocycles. The van der Waals surface area contributed by atoms with Crippen molar-refractivity contribution in [1.29, 1.82) is 0 Å². The second-order valence-electron chi connectivity index (χ2n) is 6.30. The maximum absolute atomic E-state index is 12.3. The van der Waals surface area contributed by atoms with Crippen LogP contribution in [-0.4, -0.2) is 34.5 Å². The summed E-state index contributed by atoms with van der Waals surface area (Å²) in [6.07, 6.45) is 2.33. The highest BCUT2D eigenvalue weighted by Gasteiger charge is 2.53. The topological polar surface area (TPSA) is 57.6 Å². The Hall–Kier alpha value is -0.900. The van der Waals surface area contributed by atoms with Crippen molar-refractivity contribution in [2.75, 3.05) is 6.61 Å². The first-order valence-corrected chi connectivity index (χ1v) is 6.93. The molecular formula is C14H23NO3. The van der Waals surface area contributed by atoms with Gasteiger partial charge in [0.05, 0.1) is 24.5 Å². The Labute approximate surface area is 108 Å². The Balaban J connectivity index is 2.15. The smallest absolute Gasteiger partial charge is 0.233 e. The van der Waals surface area contributed by atoms with Crippen LogP contribution in [0.5, 0.6) is 0 Å². The first-order valence-electron chi connectivity index (χ1n) is 6.93. The van der Waals surface area contributed by atoms with E-state index in [1.54, 1.807) is 0 Å². The quantitative estimate of drug-likeness (QED) is 0.771. The van der Waals surface area contributed by atoms with Crippen molar-refractivity contribution in [3.63, 3.8) is 0 Å². The van der Waals surface area contributed by atoms with E-state index in [-0.39, 0.29) is 36.3 Å². The van der Waals surface area contributed by atoms with Gasteiger partial charge in [0.25, 0.3) is 0 Å². The van der Waals surface area contributed by atoms with Crippen molar-refractivity contribution in [1.82, 2.24) is 4.90 Å². The molecule has 3 unspecified atom stereocenters. The third-order valence-corrected chi connectivity index (χ3v) is 4.23. The standard InChI is InChI=1S/C14H23NO3/c1-8(2)4-10(7-16)15-13(17)11-5-9(3)6-12(11)14(15)18/h8-12,16H,4-7H2,1-3H3. The van der Waals surface area contributed by atoms with Gasteiger partial charge >= 0.3 is 0 Å². The molecule has 2 rings (SSSR count). The summed E-state index contributed by atoms with van der Waals surface area (Å²) >= 11 is 0. The molecule has 3 atom stereocenters. The third-order valence-electron chi connectivity index (χ3n) is 4.23. The highest BCUT2D eigenvalue weighted by molar-refractivity contribution is 6.05. The Bertz CT molecular complexity index is 329. The van der Waals surface area contributed by atoms with Crippen LogP contribution in [0.4, 0.5) is 0 Å². The van der Waals surface area contributed by atoms with Crippen LogP contribution in [0.3, 0.4) is 0 Å². The number of nitrogens with zero attached hydrogens (tertiary/aromatic N) is 1. The van der Waals surface area contributed by atoms with Crippen molar-refractivity contribution < 1.29 is 14.7 Å². The fourth-order valence-corrected chi connectivity index (χ4v) is 3.47. The van der Waals surface area contributed by atoms with Gasteiger partial charge in [0.15, 0.2) is 0 Å². The number of aliphatic hydroxyl groups excluding tert-OH is 1. The molecule has 102 valence electrons. The number of hydrogen-bond acceptors (Lipinski definition) is 3. The highest BCUT2D eigenvalue weighted by Crippen LogP contribution is 2.43. The molecule has 0 spiro atoms. The van der Waals surface area contributed by atoms with Crippen LogP contribution in [0.1, 0.15) is 40.0 Å². The van der Waals surface area contributed by atoms with Gasteiger partial charge < -0.3 is 5.11 Å². The van der Waals surface area contributed by atoms with Crippen molar-refractivity contribution >= 4 is 11.8 Å². The zero-order valence-corrected chi connectivity index (χ0v) is 11.4. The lowest BCUT2D eigenvalue weighted by Gasteiger charge is -2.27. The maximum atomic E-state index is 12.3. The second kappa shape index (κ2) is 5.00. The molecule has 4 heteroatoms. The normalized spacial score (nSPS) is 33.4. The zero-order chi connectivity index (χ0) is 13.4. The van der Waals surface area contributed by atoms with E-state index in [4.69, 9.17) is 0 Å². The summed E-state index contributed by atoms with van der Waals surface area (Å²) in [7, 11) is 0. The fourth-order valence-electron chi connectivity index (χ4n) is 3.47. The van der Waals surface area contributed by atoms with Crippen LogP contribution in [0.2, 0.25) is 0 Å². The minimum atomic E-state index is -0.328. The lowest BCUT2D eigenvalue weighted by atomic mass is 10.00. The van der Waals surface area contributed by atoms with Crippen LogP contribution in [0.25, 0.3) is 0 Å². The van der Waals surface area contributed by atoms with Gasteiger partial charge in [-0.05, 0) is 31.1 Å². The molecule has 0 aromatic carbocycles. The molecule has 1 saturated carbocycles. The van der Waals surface area contributed by atoms with Gasteiger partial charge in [0, 0.05) is 0 Å². The van der Waals surface area contributed by atoms with E-state index < -0.39 is 0 Å². The van der Waals surface area contributed by atoms with E-state index >= 15 is 0 Å². The van der Waals surface area contributed by atoms with E-state index in [0.717, 1.165) is 12.8 Å². The molecule has 2 amide bonds. The summed E-state index contributed by atoms with van der Waals surface area (Å²) in [4.78, 5) is 26.0. The van der Waals surface area contributed by atoms with Crippen molar-refractivity contribution in [2.24, 2.45) is 23.7 Å². The number of imide groups is 1. The molecule has 1 saturated heterocycles. The predicted octanol–water partition coefficient (Wildman–Crippen LogP) is 1.42. The number of rotatable bonds is 4. The van der Waals surface area contributed by atoms with Gasteiger partial charge in [-0.25, -0.2) is 0 Å². The number of aliphatic hydroxyl groups is 1. The lowest BCUT2D eigenvalue weighted by molar-refractivity contribution is -0.144. The summed E-state index contributed by atoms with van der Waals surface area (Å²) in [5, 5.41) is 9.44. The minimum absolute atomic E-state index is 0.0472. The Morgan fingerprint density at radius 2 is 1.72 bits per heavy atom. The largest absolute Gasteiger partial charge is 0.394 e. The number of carbonyl (C=O) groups excluding carboxylic acids is 2. The molecule has 1 N–H and O–H groups in total. The summed E-state index contributed by atoms with van der Waals surface area (Å²) in [6, 6.07) is -0.328. The first kappa shape index (κ1) is 13.5. The second-order valence-corrected chi connectivity index (χ2v) is 6.30. The Morgan fingerprint density at radius 3 is 2.11 bits per heavy atom. The van der Waals surface area contributed by atoms with Gasteiger partial charge in [-0.2, -0.15) is 0 Å². The summed E-state index contributed by atoms with van der Waals surface area (Å²) < 4.78 is 0. The van der Waals surface area contributed by atoms with Crippen LogP contribution >= 0.6 is 0 Å². The van der Waals surface area contributed by atoms with E-state index in [2.05, 4.69) is 6.92 Å². The van der Waals surface area contributed by atoms with Crippen LogP contribution in [-0.2, 0) is 9.59 Å². The Kier molecular flexibility index (Phi) is 3.76. The van der Waals surface area contributed by atoms with Gasteiger partial charge in [-0.3, -0.25) is 14.5 Å². The van der Waals surface area contributed by atoms with Gasteiger partial charge in [-0.15, -0.1) is 0 Å². The molecule has 0 aromatic heterocycles. The van der Waals surface area contributed by atoms with Crippen molar-refractivity contribution in [2.45, 2.75) is 46.1 Å². The molecule has 1 aliphatic carbocycles. The number of fused-ring (bicyclic) bond motifs is 1. The monoisotopic (exact) mass is 253 g/mol. The molecule has 2 aliphatic rings. The van der Waals surface area contributed by atoms with Crippen molar-refractivity contribution in [3.8, 4) is 0 Å². The van der Waals surface area contributed by atoms with Gasteiger partial charge in [-0.1, -0.05) is 20.8 Å². The first-order chi connectivity index (χ1) is 8.45.